The molecule has 1 spiro atoms. The van der Waals surface area contributed by atoms with Crippen molar-refractivity contribution in [3.8, 4) is 0 Å². The smallest absolute Gasteiger partial charge is 0.201 e. The van der Waals surface area contributed by atoms with Crippen LogP contribution in [0.3, 0.4) is 0 Å². The molecule has 1 N–H and O–H groups in total. The van der Waals surface area contributed by atoms with E-state index >= 15 is 0 Å². The van der Waals surface area contributed by atoms with Crippen molar-refractivity contribution in [2.45, 2.75) is 70.4 Å². The highest BCUT2D eigenvalue weighted by molar-refractivity contribution is 5.08. The number of hydrogen-bond acceptors (Lipinski definition) is 5. The van der Waals surface area contributed by atoms with Crippen LogP contribution in [0.2, 0.25) is 0 Å². The van der Waals surface area contributed by atoms with Gasteiger partial charge >= 0.3 is 0 Å². The van der Waals surface area contributed by atoms with E-state index in [1.807, 2.05) is 13.8 Å². The molecule has 5 nitrogen and oxygen atoms in total. The Labute approximate surface area is 119 Å². The molecule has 1 saturated carbocycles. The van der Waals surface area contributed by atoms with Crippen LogP contribution < -0.4 is 0 Å². The first-order valence-corrected chi connectivity index (χ1v) is 7.84. The van der Waals surface area contributed by atoms with E-state index in [4.69, 9.17) is 19.2 Å². The molecule has 114 valence electrons. The average molecular weight is 284 g/mol. The number of aliphatic hydroxyl groups excluding tert-OH is 1. The zero-order valence-electron chi connectivity index (χ0n) is 12.4. The van der Waals surface area contributed by atoms with Gasteiger partial charge in [-0.2, -0.15) is 0 Å². The van der Waals surface area contributed by atoms with E-state index in [-0.39, 0.29) is 11.8 Å². The van der Waals surface area contributed by atoms with Crippen LogP contribution in [0.1, 0.15) is 46.5 Å². The second-order valence-electron chi connectivity index (χ2n) is 7.30. The number of ether oxygens (including phenoxy) is 2. The lowest BCUT2D eigenvalue weighted by molar-refractivity contribution is -0.576. The molecule has 0 radical (unpaired) electrons. The van der Waals surface area contributed by atoms with E-state index in [0.717, 1.165) is 19.3 Å². The standard InChI is InChI=1S/C15H24O5/c1-8-4-5-11-9(2)12(16)17-13-15(11)10(8)6-7-14(3,18-13)19-20-15/h8-13,16H,4-7H2,1-3H3/t8-,9+,10-,11+,12-,13+,14+,15+/m0/s1. The number of aliphatic hydroxyl groups is 1. The van der Waals surface area contributed by atoms with Crippen molar-refractivity contribution in [2.75, 3.05) is 0 Å². The molecule has 0 aromatic rings. The molecule has 4 heterocycles. The topological polar surface area (TPSA) is 57.2 Å². The minimum absolute atomic E-state index is 0.0379. The molecule has 0 aromatic heterocycles. The average Bonchev–Trinajstić information content (AvgIpc) is 2.63. The fourth-order valence-electron chi connectivity index (χ4n) is 4.89. The molecule has 0 unspecified atom stereocenters. The van der Waals surface area contributed by atoms with Crippen molar-refractivity contribution >= 4 is 0 Å². The number of rotatable bonds is 0. The first kappa shape index (κ1) is 13.5. The van der Waals surface area contributed by atoms with Crippen LogP contribution >= 0.6 is 0 Å². The molecule has 5 aliphatic rings. The zero-order valence-corrected chi connectivity index (χ0v) is 12.4. The van der Waals surface area contributed by atoms with Gasteiger partial charge in [0.25, 0.3) is 0 Å². The van der Waals surface area contributed by atoms with Gasteiger partial charge in [0, 0.05) is 18.3 Å². The van der Waals surface area contributed by atoms with Gasteiger partial charge in [-0.05, 0) is 38.0 Å². The number of hydrogen-bond donors (Lipinski definition) is 1. The molecule has 20 heavy (non-hydrogen) atoms. The van der Waals surface area contributed by atoms with Crippen molar-refractivity contribution in [1.82, 2.24) is 0 Å². The van der Waals surface area contributed by atoms with Crippen molar-refractivity contribution in [2.24, 2.45) is 23.7 Å². The molecule has 5 rings (SSSR count). The fourth-order valence-corrected chi connectivity index (χ4v) is 4.89. The summed E-state index contributed by atoms with van der Waals surface area (Å²) in [7, 11) is 0. The lowest BCUT2D eigenvalue weighted by atomic mass is 9.58. The van der Waals surface area contributed by atoms with Crippen molar-refractivity contribution in [3.63, 3.8) is 0 Å². The first-order chi connectivity index (χ1) is 9.46. The Morgan fingerprint density at radius 1 is 1.05 bits per heavy atom. The van der Waals surface area contributed by atoms with Gasteiger partial charge in [0.15, 0.2) is 18.2 Å². The molecule has 4 saturated heterocycles. The molecule has 1 aliphatic carbocycles. The summed E-state index contributed by atoms with van der Waals surface area (Å²) in [6.07, 6.45) is 2.72. The van der Waals surface area contributed by atoms with E-state index in [9.17, 15) is 5.11 Å². The van der Waals surface area contributed by atoms with Crippen LogP contribution in [0.4, 0.5) is 0 Å². The van der Waals surface area contributed by atoms with Crippen LogP contribution in [-0.4, -0.2) is 29.1 Å². The Kier molecular flexibility index (Phi) is 2.81. The maximum atomic E-state index is 10.2. The van der Waals surface area contributed by atoms with Gasteiger partial charge in [-0.1, -0.05) is 13.8 Å². The quantitative estimate of drug-likeness (QED) is 0.691. The van der Waals surface area contributed by atoms with Crippen LogP contribution in [0, 0.1) is 23.7 Å². The van der Waals surface area contributed by atoms with E-state index in [1.165, 1.54) is 6.42 Å². The molecule has 2 bridgehead atoms. The summed E-state index contributed by atoms with van der Waals surface area (Å²) in [6, 6.07) is 0. The zero-order chi connectivity index (χ0) is 14.1. The van der Waals surface area contributed by atoms with Gasteiger partial charge in [-0.25, -0.2) is 9.78 Å². The molecule has 4 aliphatic heterocycles. The predicted octanol–water partition coefficient (Wildman–Crippen LogP) is 2.19. The summed E-state index contributed by atoms with van der Waals surface area (Å²) < 4.78 is 11.9. The molecule has 5 fully saturated rings. The third kappa shape index (κ3) is 1.56. The fraction of sp³-hybridized carbons (Fsp3) is 1.00. The van der Waals surface area contributed by atoms with Gasteiger partial charge in [0.05, 0.1) is 0 Å². The lowest BCUT2D eigenvalue weighted by Crippen LogP contribution is -2.70. The molecule has 5 heteroatoms. The van der Waals surface area contributed by atoms with Gasteiger partial charge < -0.3 is 14.6 Å². The third-order valence-corrected chi connectivity index (χ3v) is 6.12. The Bertz CT molecular complexity index is 411. The van der Waals surface area contributed by atoms with Crippen LogP contribution in [0.25, 0.3) is 0 Å². The second kappa shape index (κ2) is 4.17. The minimum atomic E-state index is -0.781. The molecule has 8 atom stereocenters. The van der Waals surface area contributed by atoms with Crippen molar-refractivity contribution in [3.05, 3.63) is 0 Å². The summed E-state index contributed by atoms with van der Waals surface area (Å²) in [5, 5.41) is 10.2. The van der Waals surface area contributed by atoms with Crippen LogP contribution in [0.15, 0.2) is 0 Å². The van der Waals surface area contributed by atoms with Crippen molar-refractivity contribution < 1.29 is 24.4 Å². The molecular weight excluding hydrogens is 260 g/mol. The molecule has 0 aromatic carbocycles. The summed E-state index contributed by atoms with van der Waals surface area (Å²) in [4.78, 5) is 11.6. The summed E-state index contributed by atoms with van der Waals surface area (Å²) >= 11 is 0. The summed E-state index contributed by atoms with van der Waals surface area (Å²) in [6.45, 7) is 6.22. The highest BCUT2D eigenvalue weighted by Crippen LogP contribution is 2.60. The largest absolute Gasteiger partial charge is 0.368 e. The summed E-state index contributed by atoms with van der Waals surface area (Å²) in [5.74, 6) is 0.437. The van der Waals surface area contributed by atoms with E-state index in [0.29, 0.717) is 11.8 Å². The normalized spacial score (nSPS) is 61.8. The Morgan fingerprint density at radius 3 is 2.65 bits per heavy atom. The van der Waals surface area contributed by atoms with Gasteiger partial charge in [-0.3, -0.25) is 0 Å². The Balaban J connectivity index is 1.82. The van der Waals surface area contributed by atoms with Crippen molar-refractivity contribution in [1.29, 1.82) is 0 Å². The van der Waals surface area contributed by atoms with Gasteiger partial charge in [0.1, 0.15) is 0 Å². The summed E-state index contributed by atoms with van der Waals surface area (Å²) in [5.41, 5.74) is -0.549. The SMILES string of the molecule is C[C@@H]1[C@H]2CC[C@H](C)[C@@H]3CC[C@@]4(C)OO[C@@]23[C@H](O[C@@H]1O)O4. The van der Waals surface area contributed by atoms with E-state index in [1.54, 1.807) is 0 Å². The Hall–Kier alpha value is -0.200. The molecule has 0 amide bonds. The highest BCUT2D eigenvalue weighted by atomic mass is 17.3. The maximum absolute atomic E-state index is 10.2. The first-order valence-electron chi connectivity index (χ1n) is 7.84. The van der Waals surface area contributed by atoms with Gasteiger partial charge in [-0.15, -0.1) is 0 Å². The van der Waals surface area contributed by atoms with E-state index < -0.39 is 24.0 Å². The third-order valence-electron chi connectivity index (χ3n) is 6.12. The monoisotopic (exact) mass is 284 g/mol. The number of fused-ring (bicyclic) bond motifs is 2. The highest BCUT2D eigenvalue weighted by Gasteiger charge is 2.69. The molecular formula is C15H24O5. The minimum Gasteiger partial charge on any atom is -0.368 e. The van der Waals surface area contributed by atoms with E-state index in [2.05, 4.69) is 6.92 Å². The van der Waals surface area contributed by atoms with Crippen LogP contribution in [0.5, 0.6) is 0 Å². The second-order valence-corrected chi connectivity index (χ2v) is 7.30. The Morgan fingerprint density at radius 2 is 1.85 bits per heavy atom. The maximum Gasteiger partial charge on any atom is 0.201 e. The van der Waals surface area contributed by atoms with Crippen LogP contribution in [-0.2, 0) is 19.2 Å². The van der Waals surface area contributed by atoms with Gasteiger partial charge in [0.2, 0.25) is 5.79 Å². The lowest BCUT2D eigenvalue weighted by Gasteiger charge is -2.59. The predicted molar refractivity (Wildman–Crippen MR) is 69.0 cm³/mol.